The zero-order valence-electron chi connectivity index (χ0n) is 10.8. The van der Waals surface area contributed by atoms with Gasteiger partial charge in [0.15, 0.2) is 0 Å². The third-order valence-corrected chi connectivity index (χ3v) is 2.64. The van der Waals surface area contributed by atoms with Gasteiger partial charge in [-0.25, -0.2) is 4.98 Å². The van der Waals surface area contributed by atoms with Crippen molar-refractivity contribution >= 4 is 29.3 Å². The maximum Gasteiger partial charge on any atom is 0.303 e. The first kappa shape index (κ1) is 15.2. The van der Waals surface area contributed by atoms with Crippen LogP contribution in [0.15, 0.2) is 12.3 Å². The summed E-state index contributed by atoms with van der Waals surface area (Å²) in [5.41, 5.74) is 0.408. The monoisotopic (exact) mass is 285 g/mol. The van der Waals surface area contributed by atoms with Gasteiger partial charge in [-0.15, -0.1) is 0 Å². The van der Waals surface area contributed by atoms with E-state index < -0.39 is 5.97 Å². The van der Waals surface area contributed by atoms with E-state index in [2.05, 4.69) is 10.3 Å². The van der Waals surface area contributed by atoms with E-state index in [1.165, 1.54) is 17.2 Å². The molecule has 0 atom stereocenters. The lowest BCUT2D eigenvalue weighted by Crippen LogP contribution is -2.22. The fourth-order valence-corrected chi connectivity index (χ4v) is 1.62. The van der Waals surface area contributed by atoms with Crippen LogP contribution in [0.1, 0.15) is 23.2 Å². The van der Waals surface area contributed by atoms with Gasteiger partial charge in [0, 0.05) is 33.3 Å². The van der Waals surface area contributed by atoms with Crippen LogP contribution >= 0.6 is 11.6 Å². The fraction of sp³-hybridized carbons (Fsp3) is 0.417. The summed E-state index contributed by atoms with van der Waals surface area (Å²) in [6.07, 6.45) is 2.00. The lowest BCUT2D eigenvalue weighted by Gasteiger charge is -2.12. The Balaban J connectivity index is 2.62. The number of carbonyl (C=O) groups excluding carboxylic acids is 1. The molecule has 0 aliphatic rings. The van der Waals surface area contributed by atoms with Crippen LogP contribution in [-0.4, -0.2) is 47.5 Å². The molecule has 1 aromatic rings. The van der Waals surface area contributed by atoms with Gasteiger partial charge in [0.05, 0.1) is 10.6 Å². The van der Waals surface area contributed by atoms with E-state index in [4.69, 9.17) is 16.7 Å². The lowest BCUT2D eigenvalue weighted by atomic mass is 10.2. The summed E-state index contributed by atoms with van der Waals surface area (Å²) in [6, 6.07) is 1.54. The second-order valence-corrected chi connectivity index (χ2v) is 4.59. The van der Waals surface area contributed by atoms with Crippen molar-refractivity contribution < 1.29 is 14.7 Å². The van der Waals surface area contributed by atoms with Gasteiger partial charge in [0.2, 0.25) is 0 Å². The molecule has 0 spiro atoms. The third kappa shape index (κ3) is 4.75. The number of hydrogen-bond donors (Lipinski definition) is 2. The summed E-state index contributed by atoms with van der Waals surface area (Å²) in [5, 5.41) is 11.8. The molecular weight excluding hydrogens is 270 g/mol. The van der Waals surface area contributed by atoms with E-state index >= 15 is 0 Å². The Kier molecular flexibility index (Phi) is 5.57. The highest BCUT2D eigenvalue weighted by molar-refractivity contribution is 6.33. The summed E-state index contributed by atoms with van der Waals surface area (Å²) >= 11 is 6.01. The molecule has 0 aromatic carbocycles. The normalized spacial score (nSPS) is 10.1. The van der Waals surface area contributed by atoms with Crippen LogP contribution in [0.25, 0.3) is 0 Å². The molecule has 0 bridgehead atoms. The van der Waals surface area contributed by atoms with E-state index in [1.807, 2.05) is 0 Å². The Morgan fingerprint density at radius 2 is 2.16 bits per heavy atom. The minimum absolute atomic E-state index is 0.0851. The van der Waals surface area contributed by atoms with Crippen molar-refractivity contribution in [1.29, 1.82) is 0 Å². The van der Waals surface area contributed by atoms with Crippen LogP contribution in [0.2, 0.25) is 5.02 Å². The Bertz CT molecular complexity index is 477. The number of carbonyl (C=O) groups is 2. The van der Waals surface area contributed by atoms with E-state index in [1.54, 1.807) is 14.1 Å². The standard InChI is InChI=1S/C12H16ClN3O3/c1-16(2)12(19)8-6-9(13)11(15-7-8)14-5-3-4-10(17)18/h6-7H,3-5H2,1-2H3,(H,14,15)(H,17,18). The summed E-state index contributed by atoms with van der Waals surface area (Å²) in [6.45, 7) is 0.458. The van der Waals surface area contributed by atoms with Crippen molar-refractivity contribution in [2.45, 2.75) is 12.8 Å². The molecule has 1 heterocycles. The maximum absolute atomic E-state index is 11.7. The number of halogens is 1. The smallest absolute Gasteiger partial charge is 0.303 e. The highest BCUT2D eigenvalue weighted by Gasteiger charge is 2.11. The molecule has 0 saturated carbocycles. The van der Waals surface area contributed by atoms with Gasteiger partial charge in [-0.2, -0.15) is 0 Å². The molecule has 7 heteroatoms. The topological polar surface area (TPSA) is 82.5 Å². The fourth-order valence-electron chi connectivity index (χ4n) is 1.39. The zero-order chi connectivity index (χ0) is 14.4. The molecular formula is C12H16ClN3O3. The number of aromatic nitrogens is 1. The zero-order valence-corrected chi connectivity index (χ0v) is 11.6. The summed E-state index contributed by atoms with van der Waals surface area (Å²) in [4.78, 5) is 27.5. The molecule has 0 aliphatic heterocycles. The number of rotatable bonds is 6. The van der Waals surface area contributed by atoms with E-state index in [0.717, 1.165) is 0 Å². The van der Waals surface area contributed by atoms with Crippen molar-refractivity contribution in [3.8, 4) is 0 Å². The summed E-state index contributed by atoms with van der Waals surface area (Å²) in [7, 11) is 3.29. The number of aliphatic carboxylic acids is 1. The van der Waals surface area contributed by atoms with Crippen LogP contribution < -0.4 is 5.32 Å². The van der Waals surface area contributed by atoms with Gasteiger partial charge in [0.25, 0.3) is 5.91 Å². The van der Waals surface area contributed by atoms with Gasteiger partial charge in [0.1, 0.15) is 5.82 Å². The van der Waals surface area contributed by atoms with Gasteiger partial charge >= 0.3 is 5.97 Å². The Morgan fingerprint density at radius 3 is 2.68 bits per heavy atom. The van der Waals surface area contributed by atoms with Crippen LogP contribution in [0, 0.1) is 0 Å². The lowest BCUT2D eigenvalue weighted by molar-refractivity contribution is -0.137. The summed E-state index contributed by atoms with van der Waals surface area (Å²) in [5.74, 6) is -0.568. The predicted molar refractivity (Wildman–Crippen MR) is 72.6 cm³/mol. The molecule has 2 N–H and O–H groups in total. The van der Waals surface area contributed by atoms with Crippen molar-refractivity contribution in [1.82, 2.24) is 9.88 Å². The molecule has 19 heavy (non-hydrogen) atoms. The number of nitrogens with zero attached hydrogens (tertiary/aromatic N) is 2. The Labute approximate surface area is 116 Å². The number of hydrogen-bond acceptors (Lipinski definition) is 4. The first-order valence-corrected chi connectivity index (χ1v) is 6.12. The first-order valence-electron chi connectivity index (χ1n) is 5.74. The number of pyridine rings is 1. The number of amides is 1. The minimum Gasteiger partial charge on any atom is -0.481 e. The van der Waals surface area contributed by atoms with Crippen molar-refractivity contribution in [3.05, 3.63) is 22.8 Å². The highest BCUT2D eigenvalue weighted by Crippen LogP contribution is 2.20. The molecule has 1 amide bonds. The number of carboxylic acids is 1. The van der Waals surface area contributed by atoms with Gasteiger partial charge in [-0.1, -0.05) is 11.6 Å². The molecule has 6 nitrogen and oxygen atoms in total. The van der Waals surface area contributed by atoms with Crippen LogP contribution in [-0.2, 0) is 4.79 Å². The van der Waals surface area contributed by atoms with Crippen LogP contribution in [0.4, 0.5) is 5.82 Å². The number of anilines is 1. The molecule has 0 aliphatic carbocycles. The molecule has 1 rings (SSSR count). The minimum atomic E-state index is -0.840. The third-order valence-electron chi connectivity index (χ3n) is 2.35. The molecule has 0 radical (unpaired) electrons. The van der Waals surface area contributed by atoms with Gasteiger partial charge in [-0.3, -0.25) is 9.59 Å². The second kappa shape index (κ2) is 6.94. The molecule has 0 fully saturated rings. The van der Waals surface area contributed by atoms with E-state index in [-0.39, 0.29) is 12.3 Å². The highest BCUT2D eigenvalue weighted by atomic mass is 35.5. The second-order valence-electron chi connectivity index (χ2n) is 4.18. The van der Waals surface area contributed by atoms with Crippen LogP contribution in [0.3, 0.4) is 0 Å². The average molecular weight is 286 g/mol. The Morgan fingerprint density at radius 1 is 1.47 bits per heavy atom. The largest absolute Gasteiger partial charge is 0.481 e. The first-order chi connectivity index (χ1) is 8.91. The molecule has 104 valence electrons. The molecule has 1 aromatic heterocycles. The average Bonchev–Trinajstić information content (AvgIpc) is 2.34. The number of nitrogens with one attached hydrogen (secondary N) is 1. The number of carboxylic acid groups (broad SMARTS) is 1. The van der Waals surface area contributed by atoms with Crippen molar-refractivity contribution in [2.75, 3.05) is 26.0 Å². The molecule has 0 saturated heterocycles. The van der Waals surface area contributed by atoms with E-state index in [9.17, 15) is 9.59 Å². The van der Waals surface area contributed by atoms with Gasteiger partial charge in [-0.05, 0) is 12.5 Å². The Hall–Kier alpha value is -1.82. The van der Waals surface area contributed by atoms with E-state index in [0.29, 0.717) is 29.4 Å². The predicted octanol–water partition coefficient (Wildman–Crippen LogP) is 1.71. The maximum atomic E-state index is 11.7. The molecule has 0 unspecified atom stereocenters. The quantitative estimate of drug-likeness (QED) is 0.778. The SMILES string of the molecule is CN(C)C(=O)c1cnc(NCCCC(=O)O)c(Cl)c1. The summed E-state index contributed by atoms with van der Waals surface area (Å²) < 4.78 is 0. The van der Waals surface area contributed by atoms with Gasteiger partial charge < -0.3 is 15.3 Å². The van der Waals surface area contributed by atoms with Crippen LogP contribution in [0.5, 0.6) is 0 Å². The van der Waals surface area contributed by atoms with Crippen molar-refractivity contribution in [3.63, 3.8) is 0 Å². The van der Waals surface area contributed by atoms with Crippen molar-refractivity contribution in [2.24, 2.45) is 0 Å².